The van der Waals surface area contributed by atoms with Crippen molar-refractivity contribution in [1.29, 1.82) is 0 Å². The predicted molar refractivity (Wildman–Crippen MR) is 86.3 cm³/mol. The van der Waals surface area contributed by atoms with Crippen molar-refractivity contribution in [3.63, 3.8) is 0 Å². The van der Waals surface area contributed by atoms with Crippen molar-refractivity contribution < 1.29 is 14.1 Å². The Kier molecular flexibility index (Phi) is 6.13. The van der Waals surface area contributed by atoms with Crippen LogP contribution in [0.4, 0.5) is 0 Å². The lowest BCUT2D eigenvalue weighted by Gasteiger charge is -2.34. The molecule has 1 unspecified atom stereocenters. The minimum absolute atomic E-state index is 0.0933. The molecule has 0 N–H and O–H groups in total. The van der Waals surface area contributed by atoms with E-state index in [2.05, 4.69) is 33.9 Å². The maximum absolute atomic E-state index is 12.5. The molecular formula is C16H26NO3Si. The Balaban J connectivity index is 3.29. The fourth-order valence-corrected chi connectivity index (χ4v) is 3.07. The molecule has 4 nitrogen and oxygen atoms in total. The number of amides is 1. The van der Waals surface area contributed by atoms with Gasteiger partial charge in [-0.05, 0) is 30.1 Å². The van der Waals surface area contributed by atoms with E-state index in [1.54, 1.807) is 7.05 Å². The van der Waals surface area contributed by atoms with Crippen LogP contribution in [0.5, 0.6) is 0 Å². The van der Waals surface area contributed by atoms with E-state index in [1.807, 2.05) is 24.3 Å². The predicted octanol–water partition coefficient (Wildman–Crippen LogP) is 3.67. The van der Waals surface area contributed by atoms with E-state index in [0.29, 0.717) is 5.56 Å². The van der Waals surface area contributed by atoms with Gasteiger partial charge in [0.15, 0.2) is 0 Å². The van der Waals surface area contributed by atoms with Crippen LogP contribution in [0.2, 0.25) is 13.1 Å². The maximum atomic E-state index is 12.5. The molecule has 1 aromatic rings. The Bertz CT molecular complexity index is 483. The second-order valence-corrected chi connectivity index (χ2v) is 8.40. The molecule has 0 aromatic heterocycles. The summed E-state index contributed by atoms with van der Waals surface area (Å²) >= 11 is 0. The second kappa shape index (κ2) is 7.20. The van der Waals surface area contributed by atoms with Crippen LogP contribution in [-0.2, 0) is 9.26 Å². The van der Waals surface area contributed by atoms with Gasteiger partial charge in [-0.3, -0.25) is 9.63 Å². The molecule has 1 amide bonds. The molecule has 0 saturated carbocycles. The molecule has 1 rings (SSSR count). The molecule has 0 fully saturated rings. The minimum atomic E-state index is -0.886. The van der Waals surface area contributed by atoms with Gasteiger partial charge in [0.25, 0.3) is 5.91 Å². The SMILES string of the molecule is CON(C)C(=O)c1ccccc1C(O[Si](C)C)C(C)(C)C. The number of nitrogens with zero attached hydrogens (tertiary/aromatic N) is 1. The van der Waals surface area contributed by atoms with Gasteiger partial charge in [0.2, 0.25) is 9.04 Å². The van der Waals surface area contributed by atoms with Crippen molar-refractivity contribution in [3.05, 3.63) is 35.4 Å². The highest BCUT2D eigenvalue weighted by Gasteiger charge is 2.31. The van der Waals surface area contributed by atoms with E-state index in [1.165, 1.54) is 12.2 Å². The zero-order valence-corrected chi connectivity index (χ0v) is 15.1. The number of hydrogen-bond donors (Lipinski definition) is 0. The Morgan fingerprint density at radius 1 is 1.24 bits per heavy atom. The summed E-state index contributed by atoms with van der Waals surface area (Å²) < 4.78 is 6.20. The summed E-state index contributed by atoms with van der Waals surface area (Å²) in [5, 5.41) is 1.24. The quantitative estimate of drug-likeness (QED) is 0.615. The Hall–Kier alpha value is -1.17. The second-order valence-electron chi connectivity index (χ2n) is 6.34. The Labute approximate surface area is 129 Å². The van der Waals surface area contributed by atoms with Gasteiger partial charge < -0.3 is 4.43 Å². The molecule has 1 aromatic carbocycles. The molecule has 1 atom stereocenters. The van der Waals surface area contributed by atoms with Crippen LogP contribution in [0, 0.1) is 5.41 Å². The molecule has 0 bridgehead atoms. The van der Waals surface area contributed by atoms with Crippen molar-refractivity contribution in [2.45, 2.75) is 40.0 Å². The molecule has 0 aliphatic carbocycles. The molecule has 1 radical (unpaired) electrons. The van der Waals surface area contributed by atoms with Crippen molar-refractivity contribution in [2.24, 2.45) is 5.41 Å². The third-order valence-electron chi connectivity index (χ3n) is 3.17. The summed E-state index contributed by atoms with van der Waals surface area (Å²) in [6.45, 7) is 10.6. The minimum Gasteiger partial charge on any atom is -0.410 e. The van der Waals surface area contributed by atoms with E-state index < -0.39 is 9.04 Å². The number of benzene rings is 1. The Morgan fingerprint density at radius 3 is 2.29 bits per heavy atom. The molecule has 0 aliphatic heterocycles. The zero-order chi connectivity index (χ0) is 16.2. The third kappa shape index (κ3) is 4.66. The largest absolute Gasteiger partial charge is 0.410 e. The van der Waals surface area contributed by atoms with Crippen molar-refractivity contribution in [3.8, 4) is 0 Å². The van der Waals surface area contributed by atoms with E-state index in [0.717, 1.165) is 5.56 Å². The van der Waals surface area contributed by atoms with Gasteiger partial charge in [-0.25, -0.2) is 5.06 Å². The zero-order valence-electron chi connectivity index (χ0n) is 14.1. The van der Waals surface area contributed by atoms with Gasteiger partial charge in [-0.1, -0.05) is 39.0 Å². The van der Waals surface area contributed by atoms with E-state index in [9.17, 15) is 4.79 Å². The first-order valence-electron chi connectivity index (χ1n) is 7.06. The summed E-state index contributed by atoms with van der Waals surface area (Å²) in [7, 11) is 2.21. The highest BCUT2D eigenvalue weighted by atomic mass is 28.3. The van der Waals surface area contributed by atoms with Gasteiger partial charge in [-0.15, -0.1) is 0 Å². The van der Waals surface area contributed by atoms with Crippen LogP contribution in [0.1, 0.15) is 42.8 Å². The topological polar surface area (TPSA) is 38.8 Å². The van der Waals surface area contributed by atoms with Crippen LogP contribution >= 0.6 is 0 Å². The van der Waals surface area contributed by atoms with Crippen molar-refractivity contribution >= 4 is 14.9 Å². The van der Waals surface area contributed by atoms with Crippen molar-refractivity contribution in [1.82, 2.24) is 5.06 Å². The highest BCUT2D eigenvalue weighted by Crippen LogP contribution is 2.38. The summed E-state index contributed by atoms with van der Waals surface area (Å²) in [6, 6.07) is 7.60. The maximum Gasteiger partial charge on any atom is 0.277 e. The number of carbonyl (C=O) groups is 1. The lowest BCUT2D eigenvalue weighted by molar-refractivity contribution is -0.0759. The third-order valence-corrected chi connectivity index (χ3v) is 3.88. The van der Waals surface area contributed by atoms with Crippen LogP contribution in [-0.4, -0.2) is 34.2 Å². The van der Waals surface area contributed by atoms with Crippen LogP contribution < -0.4 is 0 Å². The fraction of sp³-hybridized carbons (Fsp3) is 0.562. The van der Waals surface area contributed by atoms with E-state index in [-0.39, 0.29) is 17.4 Å². The molecule has 5 heteroatoms. The first kappa shape index (κ1) is 17.9. The fourth-order valence-electron chi connectivity index (χ4n) is 2.12. The molecular weight excluding hydrogens is 282 g/mol. The number of carbonyl (C=O) groups excluding carboxylic acids is 1. The van der Waals surface area contributed by atoms with Crippen LogP contribution in [0.3, 0.4) is 0 Å². The van der Waals surface area contributed by atoms with Gasteiger partial charge in [0.1, 0.15) is 0 Å². The summed E-state index contributed by atoms with van der Waals surface area (Å²) in [6.07, 6.45) is -0.119. The summed E-state index contributed by atoms with van der Waals surface area (Å²) in [4.78, 5) is 17.5. The average molecular weight is 308 g/mol. The van der Waals surface area contributed by atoms with Gasteiger partial charge in [0.05, 0.1) is 13.2 Å². The molecule has 0 aliphatic rings. The van der Waals surface area contributed by atoms with Crippen LogP contribution in [0.25, 0.3) is 0 Å². The number of hydrogen-bond acceptors (Lipinski definition) is 3. The monoisotopic (exact) mass is 308 g/mol. The lowest BCUT2D eigenvalue weighted by Crippen LogP contribution is -2.31. The summed E-state index contributed by atoms with van der Waals surface area (Å²) in [5.74, 6) is -0.160. The molecule has 0 saturated heterocycles. The van der Waals surface area contributed by atoms with E-state index >= 15 is 0 Å². The van der Waals surface area contributed by atoms with Crippen molar-refractivity contribution in [2.75, 3.05) is 14.2 Å². The lowest BCUT2D eigenvalue weighted by atomic mass is 9.83. The Morgan fingerprint density at radius 2 is 1.81 bits per heavy atom. The van der Waals surface area contributed by atoms with Gasteiger partial charge in [-0.2, -0.15) is 0 Å². The smallest absolute Gasteiger partial charge is 0.277 e. The first-order chi connectivity index (χ1) is 9.68. The number of rotatable bonds is 5. The van der Waals surface area contributed by atoms with E-state index in [4.69, 9.17) is 9.26 Å². The first-order valence-corrected chi connectivity index (χ1v) is 9.47. The molecule has 21 heavy (non-hydrogen) atoms. The molecule has 0 spiro atoms. The summed E-state index contributed by atoms with van der Waals surface area (Å²) in [5.41, 5.74) is 1.46. The standard InChI is InChI=1S/C16H26NO3Si/c1-16(2,3)14(20-21(6)7)12-10-8-9-11-13(12)15(18)17(4)19-5/h8-11,14H,1-7H3. The molecule has 117 valence electrons. The molecule has 0 heterocycles. The highest BCUT2D eigenvalue weighted by molar-refractivity contribution is 6.48. The van der Waals surface area contributed by atoms with Crippen LogP contribution in [0.15, 0.2) is 24.3 Å². The average Bonchev–Trinajstić information content (AvgIpc) is 2.41. The number of hydroxylamine groups is 2. The van der Waals surface area contributed by atoms with Gasteiger partial charge >= 0.3 is 0 Å². The normalized spacial score (nSPS) is 13.3. The van der Waals surface area contributed by atoms with Gasteiger partial charge in [0, 0.05) is 12.6 Å².